The fourth-order valence-electron chi connectivity index (χ4n) is 1.46. The van der Waals surface area contributed by atoms with Crippen LogP contribution in [0.25, 0.3) is 6.08 Å². The summed E-state index contributed by atoms with van der Waals surface area (Å²) >= 11 is 0. The van der Waals surface area contributed by atoms with Gasteiger partial charge in [-0.25, -0.2) is 4.79 Å². The summed E-state index contributed by atoms with van der Waals surface area (Å²) in [5.74, 6) is -0.689. The van der Waals surface area contributed by atoms with E-state index >= 15 is 0 Å². The van der Waals surface area contributed by atoms with Crippen molar-refractivity contribution in [2.24, 2.45) is 7.05 Å². The van der Waals surface area contributed by atoms with Crippen molar-refractivity contribution in [1.82, 2.24) is 9.78 Å². The normalized spacial score (nSPS) is 12.4. The molecule has 0 saturated heterocycles. The van der Waals surface area contributed by atoms with E-state index in [-0.39, 0.29) is 11.7 Å². The van der Waals surface area contributed by atoms with E-state index in [1.807, 2.05) is 0 Å². The number of nitrogens with zero attached hydrogens (tertiary/aromatic N) is 2. The van der Waals surface area contributed by atoms with Crippen LogP contribution in [0.15, 0.2) is 6.08 Å². The first-order valence-electron chi connectivity index (χ1n) is 5.62. The van der Waals surface area contributed by atoms with Gasteiger partial charge in [-0.3, -0.25) is 4.68 Å². The van der Waals surface area contributed by atoms with E-state index < -0.39 is 17.8 Å². The van der Waals surface area contributed by atoms with E-state index in [2.05, 4.69) is 5.10 Å². The fraction of sp³-hybridized carbons (Fsp3) is 0.500. The molecule has 19 heavy (non-hydrogen) atoms. The van der Waals surface area contributed by atoms with E-state index in [9.17, 15) is 18.0 Å². The molecule has 0 unspecified atom stereocenters. The summed E-state index contributed by atoms with van der Waals surface area (Å²) in [6.07, 6.45) is -2.84. The van der Waals surface area contributed by atoms with Crippen molar-refractivity contribution in [3.63, 3.8) is 0 Å². The highest BCUT2D eigenvalue weighted by atomic mass is 19.4. The van der Waals surface area contributed by atoms with Crippen LogP contribution in [-0.4, -0.2) is 21.9 Å². The van der Waals surface area contributed by atoms with E-state index in [4.69, 9.17) is 4.74 Å². The maximum atomic E-state index is 12.8. The smallest absolute Gasteiger partial charge is 0.435 e. The highest BCUT2D eigenvalue weighted by Gasteiger charge is 2.37. The Kier molecular flexibility index (Phi) is 4.39. The molecule has 0 fully saturated rings. The van der Waals surface area contributed by atoms with Gasteiger partial charge in [0.2, 0.25) is 0 Å². The Morgan fingerprint density at radius 1 is 1.42 bits per heavy atom. The predicted molar refractivity (Wildman–Crippen MR) is 63.2 cm³/mol. The lowest BCUT2D eigenvalue weighted by molar-refractivity contribution is -0.142. The number of carbonyl (C=O) groups is 1. The molecule has 0 aromatic carbocycles. The maximum absolute atomic E-state index is 12.8. The van der Waals surface area contributed by atoms with Crippen LogP contribution in [-0.2, 0) is 22.8 Å². The Labute approximate surface area is 108 Å². The van der Waals surface area contributed by atoms with Gasteiger partial charge >= 0.3 is 12.1 Å². The molecule has 1 aromatic heterocycles. The minimum absolute atomic E-state index is 0.129. The molecule has 0 radical (unpaired) electrons. The van der Waals surface area contributed by atoms with Crippen LogP contribution in [0, 0.1) is 6.92 Å². The zero-order chi connectivity index (χ0) is 14.8. The van der Waals surface area contributed by atoms with Gasteiger partial charge in [-0.1, -0.05) is 0 Å². The Hall–Kier alpha value is -1.79. The predicted octanol–water partition coefficient (Wildman–Crippen LogP) is 2.71. The summed E-state index contributed by atoms with van der Waals surface area (Å²) in [6, 6.07) is 0. The molecule has 0 bridgehead atoms. The number of aryl methyl sites for hydroxylation is 1. The van der Waals surface area contributed by atoms with Crippen molar-refractivity contribution in [1.29, 1.82) is 0 Å². The number of alkyl halides is 3. The van der Waals surface area contributed by atoms with Crippen molar-refractivity contribution < 1.29 is 22.7 Å². The van der Waals surface area contributed by atoms with Gasteiger partial charge in [0.15, 0.2) is 5.69 Å². The molecular formula is C12H15F3N2O2. The molecule has 106 valence electrons. The number of hydrogen-bond acceptors (Lipinski definition) is 3. The topological polar surface area (TPSA) is 44.1 Å². The Balaban J connectivity index is 3.07. The summed E-state index contributed by atoms with van der Waals surface area (Å²) in [5.41, 5.74) is -0.822. The summed E-state index contributed by atoms with van der Waals surface area (Å²) < 4.78 is 44.2. The van der Waals surface area contributed by atoms with E-state index in [1.165, 1.54) is 14.0 Å². The number of aromatic nitrogens is 2. The van der Waals surface area contributed by atoms with Crippen molar-refractivity contribution >= 4 is 12.0 Å². The number of ether oxygens (including phenoxy) is 1. The third kappa shape index (κ3) is 3.84. The largest absolute Gasteiger partial charge is 0.460 e. The molecule has 0 aliphatic rings. The molecule has 0 N–H and O–H groups in total. The maximum Gasteiger partial charge on any atom is 0.435 e. The van der Waals surface area contributed by atoms with Crippen LogP contribution in [0.2, 0.25) is 0 Å². The van der Waals surface area contributed by atoms with E-state index in [1.54, 1.807) is 13.8 Å². The molecule has 0 aliphatic carbocycles. The number of rotatable bonds is 3. The van der Waals surface area contributed by atoms with Gasteiger partial charge in [0, 0.05) is 24.4 Å². The second-order valence-electron chi connectivity index (χ2n) is 4.29. The van der Waals surface area contributed by atoms with Crippen LogP contribution in [0.4, 0.5) is 13.2 Å². The van der Waals surface area contributed by atoms with Gasteiger partial charge in [-0.05, 0) is 26.8 Å². The Morgan fingerprint density at radius 3 is 2.47 bits per heavy atom. The number of hydrogen-bond donors (Lipinski definition) is 0. The van der Waals surface area contributed by atoms with Crippen LogP contribution >= 0.6 is 0 Å². The molecule has 7 heteroatoms. The molecule has 4 nitrogen and oxygen atoms in total. The number of halogens is 3. The van der Waals surface area contributed by atoms with Gasteiger partial charge in [-0.15, -0.1) is 0 Å². The summed E-state index contributed by atoms with van der Waals surface area (Å²) in [6.45, 7) is 4.81. The van der Waals surface area contributed by atoms with Crippen molar-refractivity contribution in [3.05, 3.63) is 23.0 Å². The third-order valence-corrected chi connectivity index (χ3v) is 2.39. The molecule has 0 atom stereocenters. The summed E-state index contributed by atoms with van der Waals surface area (Å²) in [4.78, 5) is 11.3. The summed E-state index contributed by atoms with van der Waals surface area (Å²) in [7, 11) is 1.41. The molecule has 1 aromatic rings. The van der Waals surface area contributed by atoms with Crippen molar-refractivity contribution in [2.45, 2.75) is 33.1 Å². The monoisotopic (exact) mass is 276 g/mol. The van der Waals surface area contributed by atoms with Gasteiger partial charge in [0.25, 0.3) is 0 Å². The lowest BCUT2D eigenvalue weighted by Crippen LogP contribution is -2.09. The molecule has 0 aliphatic heterocycles. The average molecular weight is 276 g/mol. The lowest BCUT2D eigenvalue weighted by Gasteiger charge is -2.05. The SMILES string of the molecule is Cc1c(C=CC(=O)OC(C)C)c(C(F)(F)F)nn1C. The van der Waals surface area contributed by atoms with Crippen molar-refractivity contribution in [3.8, 4) is 0 Å². The van der Waals surface area contributed by atoms with Crippen LogP contribution in [0.5, 0.6) is 0 Å². The molecule has 1 rings (SSSR count). The Morgan fingerprint density at radius 2 is 2.00 bits per heavy atom. The average Bonchev–Trinajstić information content (AvgIpc) is 2.52. The zero-order valence-electron chi connectivity index (χ0n) is 11.1. The second kappa shape index (κ2) is 5.46. The van der Waals surface area contributed by atoms with Gasteiger partial charge < -0.3 is 4.74 Å². The first-order valence-corrected chi connectivity index (χ1v) is 5.62. The van der Waals surface area contributed by atoms with Crippen LogP contribution in [0.1, 0.15) is 30.8 Å². The molecule has 0 saturated carbocycles. The lowest BCUT2D eigenvalue weighted by atomic mass is 10.1. The number of carbonyl (C=O) groups excluding carboxylic acids is 1. The minimum atomic E-state index is -4.56. The zero-order valence-corrected chi connectivity index (χ0v) is 11.1. The van der Waals surface area contributed by atoms with E-state index in [0.29, 0.717) is 5.69 Å². The third-order valence-electron chi connectivity index (χ3n) is 2.39. The van der Waals surface area contributed by atoms with E-state index in [0.717, 1.165) is 16.8 Å². The number of esters is 1. The summed E-state index contributed by atoms with van der Waals surface area (Å²) in [5, 5.41) is 3.41. The van der Waals surface area contributed by atoms with Crippen molar-refractivity contribution in [2.75, 3.05) is 0 Å². The standard InChI is InChI=1S/C12H15F3N2O2/c1-7(2)19-10(18)6-5-9-8(3)17(4)16-11(9)12(13,14)15/h5-7H,1-4H3. The first-order chi connectivity index (χ1) is 8.62. The molecule has 1 heterocycles. The quantitative estimate of drug-likeness (QED) is 0.630. The highest BCUT2D eigenvalue weighted by molar-refractivity contribution is 5.87. The fourth-order valence-corrected chi connectivity index (χ4v) is 1.46. The highest BCUT2D eigenvalue weighted by Crippen LogP contribution is 2.32. The molecule has 0 amide bonds. The van der Waals surface area contributed by atoms with Gasteiger partial charge in [-0.2, -0.15) is 18.3 Å². The van der Waals surface area contributed by atoms with Crippen LogP contribution in [0.3, 0.4) is 0 Å². The second-order valence-corrected chi connectivity index (χ2v) is 4.29. The van der Waals surface area contributed by atoms with Gasteiger partial charge in [0.1, 0.15) is 0 Å². The molecular weight excluding hydrogens is 261 g/mol. The first kappa shape index (κ1) is 15.3. The molecule has 0 spiro atoms. The van der Waals surface area contributed by atoms with Gasteiger partial charge in [0.05, 0.1) is 6.10 Å². The Bertz CT molecular complexity index is 502. The van der Waals surface area contributed by atoms with Crippen LogP contribution < -0.4 is 0 Å². The minimum Gasteiger partial charge on any atom is -0.460 e.